The summed E-state index contributed by atoms with van der Waals surface area (Å²) in [5.74, 6) is 1.86. The Kier molecular flexibility index (Phi) is 11.9. The zero-order valence-corrected chi connectivity index (χ0v) is 21.4. The lowest BCUT2D eigenvalue weighted by molar-refractivity contribution is -0.123. The summed E-state index contributed by atoms with van der Waals surface area (Å²) in [5, 5.41) is 14.0. The predicted octanol–water partition coefficient (Wildman–Crippen LogP) is 4.24. The van der Waals surface area contributed by atoms with E-state index in [1.165, 1.54) is 0 Å². The van der Waals surface area contributed by atoms with E-state index in [0.717, 1.165) is 5.75 Å². The molecule has 204 valence electrons. The second-order valence-corrected chi connectivity index (χ2v) is 9.21. The van der Waals surface area contributed by atoms with Gasteiger partial charge >= 0.3 is 0 Å². The van der Waals surface area contributed by atoms with Gasteiger partial charge in [0.15, 0.2) is 0 Å². The molecule has 0 spiro atoms. The summed E-state index contributed by atoms with van der Waals surface area (Å²) in [6, 6.07) is 13.6. The summed E-state index contributed by atoms with van der Waals surface area (Å²) in [6.45, 7) is 1.65. The van der Waals surface area contributed by atoms with Crippen molar-refractivity contribution in [1.29, 1.82) is 0 Å². The highest BCUT2D eigenvalue weighted by Crippen LogP contribution is 2.23. The minimum atomic E-state index is -0.973. The highest BCUT2D eigenvalue weighted by atomic mass is 19.1. The second kappa shape index (κ2) is 15.4. The fraction of sp³-hybridized carbons (Fsp3) is 0.536. The van der Waals surface area contributed by atoms with Crippen molar-refractivity contribution in [2.75, 3.05) is 46.6 Å². The molecule has 0 aliphatic carbocycles. The number of likely N-dealkylation sites (tertiary alicyclic amines) is 1. The van der Waals surface area contributed by atoms with Crippen LogP contribution in [0.4, 0.5) is 8.78 Å². The lowest BCUT2D eigenvalue weighted by atomic mass is 10.0. The van der Waals surface area contributed by atoms with Crippen LogP contribution in [0.3, 0.4) is 0 Å². The van der Waals surface area contributed by atoms with E-state index in [-0.39, 0.29) is 19.0 Å². The number of hydrogen-bond acceptors (Lipinski definition) is 6. The quantitative estimate of drug-likeness (QED) is 0.322. The molecule has 2 aromatic carbocycles. The molecule has 0 saturated carbocycles. The number of aliphatic hydroxyl groups is 1. The highest BCUT2D eigenvalue weighted by Gasteiger charge is 2.29. The van der Waals surface area contributed by atoms with Crippen LogP contribution in [0.5, 0.6) is 17.2 Å². The maximum absolute atomic E-state index is 13.7. The number of hydrogen-bond donors (Lipinski definition) is 2. The molecule has 1 fully saturated rings. The maximum atomic E-state index is 13.7. The number of carbonyl (C=O) groups is 1. The van der Waals surface area contributed by atoms with Gasteiger partial charge in [-0.05, 0) is 67.6 Å². The van der Waals surface area contributed by atoms with E-state index in [0.29, 0.717) is 75.6 Å². The number of aliphatic hydroxyl groups excluding tert-OH is 1. The zero-order valence-electron chi connectivity index (χ0n) is 21.4. The van der Waals surface area contributed by atoms with Crippen LogP contribution in [0.25, 0.3) is 0 Å². The molecule has 2 N–H and O–H groups in total. The third-order valence-electron chi connectivity index (χ3n) is 6.29. The summed E-state index contributed by atoms with van der Waals surface area (Å²) < 4.78 is 42.4. The van der Waals surface area contributed by atoms with Crippen molar-refractivity contribution in [2.45, 2.75) is 50.4 Å². The molecule has 9 heteroatoms. The van der Waals surface area contributed by atoms with Crippen molar-refractivity contribution < 1.29 is 32.9 Å². The molecule has 1 amide bonds. The lowest BCUT2D eigenvalue weighted by Crippen LogP contribution is -2.47. The Labute approximate surface area is 217 Å². The molecule has 1 aliphatic heterocycles. The van der Waals surface area contributed by atoms with Crippen LogP contribution < -0.4 is 19.5 Å². The molecule has 0 radical (unpaired) electrons. The number of unbranched alkanes of at least 4 members (excludes halogenated alkanes) is 1. The number of carbonyl (C=O) groups excluding carboxylic acids is 1. The first-order valence-electron chi connectivity index (χ1n) is 12.9. The fourth-order valence-corrected chi connectivity index (χ4v) is 4.21. The van der Waals surface area contributed by atoms with Gasteiger partial charge in [-0.3, -0.25) is 14.1 Å². The molecule has 37 heavy (non-hydrogen) atoms. The second-order valence-electron chi connectivity index (χ2n) is 9.21. The number of alkyl halides is 2. The molecule has 3 rings (SSSR count). The minimum Gasteiger partial charge on any atom is -0.497 e. The predicted molar refractivity (Wildman–Crippen MR) is 138 cm³/mol. The Morgan fingerprint density at radius 2 is 1.65 bits per heavy atom. The number of nitrogens with one attached hydrogen (secondary N) is 1. The van der Waals surface area contributed by atoms with E-state index in [2.05, 4.69) is 5.32 Å². The maximum Gasteiger partial charge on any atom is 0.220 e. The Morgan fingerprint density at radius 3 is 2.24 bits per heavy atom. The lowest BCUT2D eigenvalue weighted by Gasteiger charge is -2.29. The third kappa shape index (κ3) is 9.81. The third-order valence-corrected chi connectivity index (χ3v) is 6.29. The van der Waals surface area contributed by atoms with Crippen molar-refractivity contribution in [3.05, 3.63) is 54.1 Å². The Bertz CT molecular complexity index is 929. The van der Waals surface area contributed by atoms with Gasteiger partial charge in [-0.1, -0.05) is 12.1 Å². The SMILES string of the molecule is COc1ccc(OCCCC(=O)N[C@H](CN2CC[C@@H](F)C2)[C@H](O)c2ccc(OCCCCF)cc2)cc1. The molecule has 0 bridgehead atoms. The van der Waals surface area contributed by atoms with Gasteiger partial charge in [0.1, 0.15) is 29.5 Å². The summed E-state index contributed by atoms with van der Waals surface area (Å²) in [5.41, 5.74) is 0.625. The van der Waals surface area contributed by atoms with Crippen LogP contribution in [0.2, 0.25) is 0 Å². The van der Waals surface area contributed by atoms with Crippen molar-refractivity contribution >= 4 is 5.91 Å². The van der Waals surface area contributed by atoms with Crippen molar-refractivity contribution in [3.63, 3.8) is 0 Å². The molecule has 2 aromatic rings. The van der Waals surface area contributed by atoms with E-state index in [1.54, 1.807) is 55.6 Å². The molecule has 1 heterocycles. The first kappa shape index (κ1) is 28.7. The molecule has 7 nitrogen and oxygen atoms in total. The minimum absolute atomic E-state index is 0.203. The summed E-state index contributed by atoms with van der Waals surface area (Å²) in [7, 11) is 1.60. The molecule has 3 atom stereocenters. The number of methoxy groups -OCH3 is 1. The van der Waals surface area contributed by atoms with Crippen LogP contribution in [0.1, 0.15) is 43.8 Å². The summed E-state index contributed by atoms with van der Waals surface area (Å²) >= 11 is 0. The number of benzene rings is 2. The number of rotatable bonds is 16. The Hall–Kier alpha value is -2.91. The number of amides is 1. The van der Waals surface area contributed by atoms with E-state index in [9.17, 15) is 18.7 Å². The first-order chi connectivity index (χ1) is 18.0. The average Bonchev–Trinajstić information content (AvgIpc) is 3.33. The summed E-state index contributed by atoms with van der Waals surface area (Å²) in [6.07, 6.45) is 0.417. The van der Waals surface area contributed by atoms with E-state index in [4.69, 9.17) is 14.2 Å². The monoisotopic (exact) mass is 520 g/mol. The van der Waals surface area contributed by atoms with Crippen LogP contribution in [0, 0.1) is 0 Å². The van der Waals surface area contributed by atoms with Crippen LogP contribution in [-0.2, 0) is 4.79 Å². The van der Waals surface area contributed by atoms with Crippen LogP contribution >= 0.6 is 0 Å². The smallest absolute Gasteiger partial charge is 0.220 e. The van der Waals surface area contributed by atoms with Gasteiger partial charge in [-0.2, -0.15) is 0 Å². The molecule has 1 saturated heterocycles. The molecule has 0 aromatic heterocycles. The number of nitrogens with zero attached hydrogens (tertiary/aromatic N) is 1. The van der Waals surface area contributed by atoms with E-state index in [1.807, 2.05) is 4.90 Å². The van der Waals surface area contributed by atoms with Gasteiger partial charge in [-0.25, -0.2) is 4.39 Å². The van der Waals surface area contributed by atoms with E-state index >= 15 is 0 Å². The number of ether oxygens (including phenoxy) is 3. The van der Waals surface area contributed by atoms with E-state index < -0.39 is 18.3 Å². The molecular formula is C28H38F2N2O5. The first-order valence-corrected chi connectivity index (χ1v) is 12.9. The van der Waals surface area contributed by atoms with Gasteiger partial charge in [0, 0.05) is 26.1 Å². The zero-order chi connectivity index (χ0) is 26.5. The number of halogens is 2. The van der Waals surface area contributed by atoms with Gasteiger partial charge in [-0.15, -0.1) is 0 Å². The van der Waals surface area contributed by atoms with Gasteiger partial charge in [0.05, 0.1) is 33.0 Å². The average molecular weight is 521 g/mol. The standard InChI is InChI=1S/C28H38F2N2O5/c1-35-23-10-12-25(13-11-23)37-18-4-5-27(33)31-26(20-32-16-14-22(30)19-32)28(34)21-6-8-24(9-7-21)36-17-3-2-15-29/h6-13,22,26,28,34H,2-5,14-20H2,1H3,(H,31,33)/t22-,26-,28-/m1/s1. The molecule has 1 aliphatic rings. The normalized spacial score (nSPS) is 17.2. The summed E-state index contributed by atoms with van der Waals surface area (Å²) in [4.78, 5) is 14.6. The van der Waals surface area contributed by atoms with Crippen molar-refractivity contribution in [3.8, 4) is 17.2 Å². The van der Waals surface area contributed by atoms with Gasteiger partial charge < -0.3 is 24.6 Å². The van der Waals surface area contributed by atoms with Crippen molar-refractivity contribution in [2.24, 2.45) is 0 Å². The van der Waals surface area contributed by atoms with Crippen LogP contribution in [-0.4, -0.2) is 74.8 Å². The van der Waals surface area contributed by atoms with Gasteiger partial charge in [0.25, 0.3) is 0 Å². The van der Waals surface area contributed by atoms with Crippen molar-refractivity contribution in [1.82, 2.24) is 10.2 Å². The molecule has 0 unspecified atom stereocenters. The topological polar surface area (TPSA) is 80.3 Å². The van der Waals surface area contributed by atoms with Gasteiger partial charge in [0.2, 0.25) is 5.91 Å². The largest absolute Gasteiger partial charge is 0.497 e. The van der Waals surface area contributed by atoms with Crippen LogP contribution in [0.15, 0.2) is 48.5 Å². The Balaban J connectivity index is 1.52. The molecular weight excluding hydrogens is 482 g/mol. The Morgan fingerprint density at radius 1 is 1.03 bits per heavy atom. The highest BCUT2D eigenvalue weighted by molar-refractivity contribution is 5.76. The fourth-order valence-electron chi connectivity index (χ4n) is 4.21.